The Labute approximate surface area is 172 Å². The maximum Gasteiger partial charge on any atom is 0.127 e. The van der Waals surface area contributed by atoms with Crippen molar-refractivity contribution in [2.75, 3.05) is 33.9 Å². The highest BCUT2D eigenvalue weighted by Gasteiger charge is 2.25. The van der Waals surface area contributed by atoms with Gasteiger partial charge in [-0.25, -0.2) is 4.39 Å². The van der Waals surface area contributed by atoms with Crippen molar-refractivity contribution in [1.82, 2.24) is 4.90 Å². The van der Waals surface area contributed by atoms with Gasteiger partial charge in [-0.15, -0.1) is 0 Å². The molecule has 1 unspecified atom stereocenters. The van der Waals surface area contributed by atoms with E-state index in [1.54, 1.807) is 0 Å². The van der Waals surface area contributed by atoms with E-state index >= 15 is 0 Å². The lowest BCUT2D eigenvalue weighted by molar-refractivity contribution is 0.297. The number of likely N-dealkylation sites (N-methyl/N-ethyl adjacent to an activating group) is 1. The van der Waals surface area contributed by atoms with Crippen molar-refractivity contribution in [1.29, 1.82) is 0 Å². The SMILES string of the molecule is CN(C)CC(N)CC1=C(c2ccc(F)cc2)c2cc(OCC3CC3)ccc2OC1. The Balaban J connectivity index is 1.71. The molecule has 0 bridgehead atoms. The van der Waals surface area contributed by atoms with E-state index < -0.39 is 0 Å². The topological polar surface area (TPSA) is 47.7 Å². The first-order valence-corrected chi connectivity index (χ1v) is 10.3. The first-order chi connectivity index (χ1) is 14.0. The summed E-state index contributed by atoms with van der Waals surface area (Å²) in [6, 6.07) is 12.6. The molecule has 1 aliphatic heterocycles. The van der Waals surface area contributed by atoms with Gasteiger partial charge in [-0.2, -0.15) is 0 Å². The van der Waals surface area contributed by atoms with Gasteiger partial charge in [-0.3, -0.25) is 0 Å². The zero-order chi connectivity index (χ0) is 20.4. The van der Waals surface area contributed by atoms with Crippen LogP contribution in [0.4, 0.5) is 4.39 Å². The van der Waals surface area contributed by atoms with Gasteiger partial charge in [-0.1, -0.05) is 12.1 Å². The van der Waals surface area contributed by atoms with Gasteiger partial charge < -0.3 is 20.1 Å². The van der Waals surface area contributed by atoms with Crippen LogP contribution in [0.15, 0.2) is 48.0 Å². The molecule has 2 aromatic carbocycles. The van der Waals surface area contributed by atoms with E-state index in [0.717, 1.165) is 53.3 Å². The Kier molecular flexibility index (Phi) is 5.88. The van der Waals surface area contributed by atoms with Crippen molar-refractivity contribution in [3.63, 3.8) is 0 Å². The highest BCUT2D eigenvalue weighted by atomic mass is 19.1. The third kappa shape index (κ3) is 4.98. The number of hydrogen-bond acceptors (Lipinski definition) is 4. The van der Waals surface area contributed by atoms with Crippen LogP contribution in [0, 0.1) is 11.7 Å². The molecule has 4 nitrogen and oxygen atoms in total. The summed E-state index contributed by atoms with van der Waals surface area (Å²) in [4.78, 5) is 2.09. The molecule has 2 aromatic rings. The van der Waals surface area contributed by atoms with Crippen molar-refractivity contribution in [3.8, 4) is 11.5 Å². The van der Waals surface area contributed by atoms with Gasteiger partial charge in [0.15, 0.2) is 0 Å². The molecule has 29 heavy (non-hydrogen) atoms. The van der Waals surface area contributed by atoms with Gasteiger partial charge in [0, 0.05) is 18.2 Å². The maximum absolute atomic E-state index is 13.6. The lowest BCUT2D eigenvalue weighted by atomic mass is 9.88. The van der Waals surface area contributed by atoms with E-state index in [0.29, 0.717) is 12.5 Å². The first kappa shape index (κ1) is 19.9. The number of nitrogens with zero attached hydrogens (tertiary/aromatic N) is 1. The van der Waals surface area contributed by atoms with Crippen LogP contribution < -0.4 is 15.2 Å². The van der Waals surface area contributed by atoms with E-state index in [2.05, 4.69) is 4.90 Å². The Morgan fingerprint density at radius 3 is 2.62 bits per heavy atom. The fraction of sp³-hybridized carbons (Fsp3) is 0.417. The lowest BCUT2D eigenvalue weighted by Crippen LogP contribution is -2.34. The van der Waals surface area contributed by atoms with E-state index in [1.165, 1.54) is 25.0 Å². The summed E-state index contributed by atoms with van der Waals surface area (Å²) >= 11 is 0. The third-order valence-electron chi connectivity index (χ3n) is 5.40. The van der Waals surface area contributed by atoms with Crippen molar-refractivity contribution in [2.45, 2.75) is 25.3 Å². The molecule has 1 fully saturated rings. The predicted molar refractivity (Wildman–Crippen MR) is 114 cm³/mol. The molecule has 1 saturated carbocycles. The van der Waals surface area contributed by atoms with Gasteiger partial charge in [0.1, 0.15) is 23.9 Å². The molecule has 0 amide bonds. The molecule has 5 heteroatoms. The second kappa shape index (κ2) is 8.56. The monoisotopic (exact) mass is 396 g/mol. The van der Waals surface area contributed by atoms with Gasteiger partial charge in [0.25, 0.3) is 0 Å². The quantitative estimate of drug-likeness (QED) is 0.730. The second-order valence-corrected chi connectivity index (χ2v) is 8.41. The largest absolute Gasteiger partial charge is 0.493 e. The Morgan fingerprint density at radius 2 is 1.93 bits per heavy atom. The molecular weight excluding hydrogens is 367 g/mol. The van der Waals surface area contributed by atoms with Crippen LogP contribution in [-0.4, -0.2) is 44.8 Å². The Hall–Kier alpha value is -2.37. The summed E-state index contributed by atoms with van der Waals surface area (Å²) in [5.74, 6) is 2.12. The minimum Gasteiger partial charge on any atom is -0.493 e. The van der Waals surface area contributed by atoms with Crippen LogP contribution in [0.3, 0.4) is 0 Å². The number of hydrogen-bond donors (Lipinski definition) is 1. The van der Waals surface area contributed by atoms with Gasteiger partial charge in [0.05, 0.1) is 6.61 Å². The van der Waals surface area contributed by atoms with Crippen LogP contribution >= 0.6 is 0 Å². The molecular formula is C24H29FN2O2. The molecule has 1 aliphatic carbocycles. The van der Waals surface area contributed by atoms with Crippen molar-refractivity contribution in [3.05, 3.63) is 65.0 Å². The molecule has 0 spiro atoms. The molecule has 1 heterocycles. The number of ether oxygens (including phenoxy) is 2. The smallest absolute Gasteiger partial charge is 0.127 e. The van der Waals surface area contributed by atoms with Crippen LogP contribution in [0.25, 0.3) is 5.57 Å². The van der Waals surface area contributed by atoms with Crippen LogP contribution in [0.5, 0.6) is 11.5 Å². The average Bonchev–Trinajstić information content (AvgIpc) is 3.51. The summed E-state index contributed by atoms with van der Waals surface area (Å²) in [7, 11) is 4.04. The zero-order valence-electron chi connectivity index (χ0n) is 17.2. The number of nitrogens with two attached hydrogens (primary N) is 1. The molecule has 4 rings (SSSR count). The molecule has 1 atom stereocenters. The van der Waals surface area contributed by atoms with Gasteiger partial charge >= 0.3 is 0 Å². The molecule has 154 valence electrons. The maximum atomic E-state index is 13.6. The van der Waals surface area contributed by atoms with E-state index in [1.807, 2.05) is 44.4 Å². The number of halogens is 1. The summed E-state index contributed by atoms with van der Waals surface area (Å²) in [6.07, 6.45) is 3.23. The molecule has 0 saturated heterocycles. The van der Waals surface area contributed by atoms with Crippen LogP contribution in [0.2, 0.25) is 0 Å². The molecule has 2 N–H and O–H groups in total. The highest BCUT2D eigenvalue weighted by molar-refractivity contribution is 5.86. The van der Waals surface area contributed by atoms with Crippen molar-refractivity contribution < 1.29 is 13.9 Å². The number of benzene rings is 2. The number of rotatable bonds is 8. The summed E-state index contributed by atoms with van der Waals surface area (Å²) < 4.78 is 25.6. The van der Waals surface area contributed by atoms with Gasteiger partial charge in [-0.05, 0) is 86.3 Å². The lowest BCUT2D eigenvalue weighted by Gasteiger charge is -2.27. The second-order valence-electron chi connectivity index (χ2n) is 8.41. The average molecular weight is 397 g/mol. The zero-order valence-corrected chi connectivity index (χ0v) is 17.2. The van der Waals surface area contributed by atoms with Gasteiger partial charge in [0.2, 0.25) is 0 Å². The minimum atomic E-state index is -0.242. The number of fused-ring (bicyclic) bond motifs is 1. The Bertz CT molecular complexity index is 888. The van der Waals surface area contributed by atoms with Crippen LogP contribution in [0.1, 0.15) is 30.4 Å². The standard InChI is InChI=1S/C24H29FN2O2/c1-27(2)13-20(26)11-18-15-29-23-10-9-21(28-14-16-3-4-16)12-22(23)24(18)17-5-7-19(25)8-6-17/h5-10,12,16,20H,3-4,11,13-15,26H2,1-2H3. The van der Waals surface area contributed by atoms with Crippen LogP contribution in [-0.2, 0) is 0 Å². The molecule has 0 aromatic heterocycles. The van der Waals surface area contributed by atoms with Crippen molar-refractivity contribution >= 4 is 5.57 Å². The van der Waals surface area contributed by atoms with Crippen molar-refractivity contribution in [2.24, 2.45) is 11.7 Å². The summed E-state index contributed by atoms with van der Waals surface area (Å²) in [5, 5.41) is 0. The predicted octanol–water partition coefficient (Wildman–Crippen LogP) is 4.09. The minimum absolute atomic E-state index is 0.00472. The van der Waals surface area contributed by atoms with E-state index in [-0.39, 0.29) is 11.9 Å². The third-order valence-corrected chi connectivity index (χ3v) is 5.40. The van der Waals surface area contributed by atoms with E-state index in [9.17, 15) is 4.39 Å². The summed E-state index contributed by atoms with van der Waals surface area (Å²) in [6.45, 7) is 2.04. The van der Waals surface area contributed by atoms with E-state index in [4.69, 9.17) is 15.2 Å². The first-order valence-electron chi connectivity index (χ1n) is 10.3. The summed E-state index contributed by atoms with van der Waals surface area (Å²) in [5.41, 5.74) is 10.6. The highest BCUT2D eigenvalue weighted by Crippen LogP contribution is 2.41. The fourth-order valence-electron chi connectivity index (χ4n) is 3.83. The molecule has 2 aliphatic rings. The fourth-order valence-corrected chi connectivity index (χ4v) is 3.83. The normalized spacial score (nSPS) is 17.1. The molecule has 0 radical (unpaired) electrons. The Morgan fingerprint density at radius 1 is 1.17 bits per heavy atom.